The van der Waals surface area contributed by atoms with E-state index in [1.807, 2.05) is 12.1 Å². The van der Waals surface area contributed by atoms with E-state index < -0.39 is 30.0 Å². The van der Waals surface area contributed by atoms with E-state index in [0.29, 0.717) is 5.52 Å². The fraction of sp³-hybridized carbons (Fsp3) is 0.353. The number of hydrogen-bond donors (Lipinski definition) is 4. The van der Waals surface area contributed by atoms with Crippen molar-refractivity contribution >= 4 is 28.7 Å². The number of carbonyl (C=O) groups is 3. The molecule has 25 heavy (non-hydrogen) atoms. The van der Waals surface area contributed by atoms with Gasteiger partial charge >= 0.3 is 5.97 Å². The predicted molar refractivity (Wildman–Crippen MR) is 93.1 cm³/mol. The molecule has 0 fully saturated rings. The second-order valence-corrected chi connectivity index (χ2v) is 6.05. The number of carboxylic acid groups (broad SMARTS) is 1. The molecule has 134 valence electrons. The SMILES string of the molecule is C[C@H](N)C(=O)n1cc(C[C@H](N)C(=O)N[C@@H](C)C(=O)O)c2ccccc21. The standard InChI is InChI=1S/C17H22N4O4/c1-9(18)16(23)21-8-11(12-5-3-4-6-14(12)21)7-13(19)15(22)20-10(2)17(24)25/h3-6,8-10,13H,7,18-19H2,1-2H3,(H,20,22)(H,24,25)/t9-,10-,13-/m0/s1. The van der Waals surface area contributed by atoms with Crippen molar-refractivity contribution in [3.05, 3.63) is 36.0 Å². The molecule has 3 atom stereocenters. The van der Waals surface area contributed by atoms with Gasteiger partial charge in [0.15, 0.2) is 0 Å². The fourth-order valence-electron chi connectivity index (χ4n) is 2.53. The van der Waals surface area contributed by atoms with Crippen molar-refractivity contribution in [1.82, 2.24) is 9.88 Å². The smallest absolute Gasteiger partial charge is 0.325 e. The van der Waals surface area contributed by atoms with E-state index in [1.165, 1.54) is 11.5 Å². The number of para-hydroxylation sites is 1. The van der Waals surface area contributed by atoms with Crippen LogP contribution in [-0.2, 0) is 16.0 Å². The van der Waals surface area contributed by atoms with Crippen molar-refractivity contribution in [3.8, 4) is 0 Å². The minimum Gasteiger partial charge on any atom is -0.480 e. The Kier molecular flexibility index (Phi) is 5.55. The van der Waals surface area contributed by atoms with Gasteiger partial charge in [-0.3, -0.25) is 19.0 Å². The highest BCUT2D eigenvalue weighted by atomic mass is 16.4. The van der Waals surface area contributed by atoms with Crippen molar-refractivity contribution in [3.63, 3.8) is 0 Å². The molecule has 0 aliphatic rings. The Morgan fingerprint density at radius 2 is 1.84 bits per heavy atom. The molecule has 0 saturated heterocycles. The van der Waals surface area contributed by atoms with Gasteiger partial charge in [0.05, 0.1) is 17.6 Å². The normalized spacial score (nSPS) is 14.7. The predicted octanol–water partition coefficient (Wildman–Crippen LogP) is 0.0878. The van der Waals surface area contributed by atoms with Crippen molar-refractivity contribution in [1.29, 1.82) is 0 Å². The zero-order chi connectivity index (χ0) is 18.7. The zero-order valence-corrected chi connectivity index (χ0v) is 14.1. The van der Waals surface area contributed by atoms with E-state index >= 15 is 0 Å². The Labute approximate surface area is 144 Å². The van der Waals surface area contributed by atoms with Crippen molar-refractivity contribution in [2.24, 2.45) is 11.5 Å². The number of aliphatic carboxylic acids is 1. The Balaban J connectivity index is 2.28. The number of carbonyl (C=O) groups excluding carboxylic acids is 2. The second kappa shape index (κ2) is 7.45. The van der Waals surface area contributed by atoms with E-state index in [0.717, 1.165) is 10.9 Å². The molecule has 0 bridgehead atoms. The summed E-state index contributed by atoms with van der Waals surface area (Å²) >= 11 is 0. The molecule has 2 aromatic rings. The minimum absolute atomic E-state index is 0.165. The van der Waals surface area contributed by atoms with Crippen LogP contribution in [-0.4, -0.2) is 45.6 Å². The summed E-state index contributed by atoms with van der Waals surface area (Å²) in [6, 6.07) is 4.61. The molecular weight excluding hydrogens is 324 g/mol. The lowest BCUT2D eigenvalue weighted by atomic mass is 10.0. The maximum absolute atomic E-state index is 12.3. The van der Waals surface area contributed by atoms with Gasteiger partial charge in [-0.05, 0) is 31.9 Å². The number of nitrogens with one attached hydrogen (secondary N) is 1. The topological polar surface area (TPSA) is 140 Å². The molecule has 0 spiro atoms. The number of nitrogens with two attached hydrogens (primary N) is 2. The molecule has 0 aliphatic heterocycles. The molecule has 1 heterocycles. The van der Waals surface area contributed by atoms with Gasteiger partial charge in [-0.1, -0.05) is 18.2 Å². The number of benzene rings is 1. The lowest BCUT2D eigenvalue weighted by molar-refractivity contribution is -0.141. The van der Waals surface area contributed by atoms with Crippen LogP contribution in [0.5, 0.6) is 0 Å². The van der Waals surface area contributed by atoms with Gasteiger partial charge in [-0.15, -0.1) is 0 Å². The molecule has 0 aliphatic carbocycles. The van der Waals surface area contributed by atoms with Gasteiger partial charge in [0.1, 0.15) is 6.04 Å². The fourth-order valence-corrected chi connectivity index (χ4v) is 2.53. The summed E-state index contributed by atoms with van der Waals surface area (Å²) in [5.74, 6) is -1.97. The van der Waals surface area contributed by atoms with Crippen LogP contribution in [0.2, 0.25) is 0 Å². The zero-order valence-electron chi connectivity index (χ0n) is 14.1. The number of amides is 1. The summed E-state index contributed by atoms with van der Waals surface area (Å²) in [5.41, 5.74) is 13.0. The summed E-state index contributed by atoms with van der Waals surface area (Å²) in [6.07, 6.45) is 1.79. The maximum Gasteiger partial charge on any atom is 0.325 e. The highest BCUT2D eigenvalue weighted by molar-refractivity contribution is 5.97. The molecule has 6 N–H and O–H groups in total. The molecule has 0 radical (unpaired) electrons. The van der Waals surface area contributed by atoms with Gasteiger partial charge < -0.3 is 21.9 Å². The first-order chi connectivity index (χ1) is 11.7. The largest absolute Gasteiger partial charge is 0.480 e. The van der Waals surface area contributed by atoms with E-state index in [4.69, 9.17) is 16.6 Å². The van der Waals surface area contributed by atoms with Gasteiger partial charge in [0, 0.05) is 11.6 Å². The third-order valence-corrected chi connectivity index (χ3v) is 3.93. The van der Waals surface area contributed by atoms with Crippen molar-refractivity contribution < 1.29 is 19.5 Å². The molecular formula is C17H22N4O4. The van der Waals surface area contributed by atoms with Crippen LogP contribution < -0.4 is 16.8 Å². The molecule has 1 amide bonds. The molecule has 8 nitrogen and oxygen atoms in total. The first-order valence-corrected chi connectivity index (χ1v) is 7.90. The van der Waals surface area contributed by atoms with Crippen LogP contribution in [0.4, 0.5) is 0 Å². The minimum atomic E-state index is -1.14. The van der Waals surface area contributed by atoms with E-state index in [2.05, 4.69) is 5.32 Å². The van der Waals surface area contributed by atoms with Crippen LogP contribution in [0, 0.1) is 0 Å². The summed E-state index contributed by atoms with van der Waals surface area (Å²) in [7, 11) is 0. The monoisotopic (exact) mass is 346 g/mol. The molecule has 2 rings (SSSR count). The molecule has 0 unspecified atom stereocenters. The average molecular weight is 346 g/mol. The summed E-state index contributed by atoms with van der Waals surface area (Å²) in [5, 5.41) is 12.0. The average Bonchev–Trinajstić information content (AvgIpc) is 2.92. The third kappa shape index (κ3) is 4.04. The Morgan fingerprint density at radius 1 is 1.20 bits per heavy atom. The third-order valence-electron chi connectivity index (χ3n) is 3.93. The van der Waals surface area contributed by atoms with Gasteiger partial charge in [-0.25, -0.2) is 0 Å². The lowest BCUT2D eigenvalue weighted by Gasteiger charge is -2.14. The molecule has 1 aromatic heterocycles. The van der Waals surface area contributed by atoms with E-state index in [1.54, 1.807) is 25.3 Å². The van der Waals surface area contributed by atoms with Crippen LogP contribution in [0.1, 0.15) is 24.2 Å². The first-order valence-electron chi connectivity index (χ1n) is 7.90. The van der Waals surface area contributed by atoms with Crippen LogP contribution in [0.15, 0.2) is 30.5 Å². The highest BCUT2D eigenvalue weighted by Crippen LogP contribution is 2.22. The second-order valence-electron chi connectivity index (χ2n) is 6.05. The Hall–Kier alpha value is -2.71. The van der Waals surface area contributed by atoms with Crippen LogP contribution in [0.3, 0.4) is 0 Å². The van der Waals surface area contributed by atoms with Crippen molar-refractivity contribution in [2.75, 3.05) is 0 Å². The van der Waals surface area contributed by atoms with Crippen LogP contribution in [0.25, 0.3) is 10.9 Å². The quantitative estimate of drug-likeness (QED) is 0.584. The first kappa shape index (κ1) is 18.6. The Morgan fingerprint density at radius 3 is 2.44 bits per heavy atom. The number of nitrogens with zero attached hydrogens (tertiary/aromatic N) is 1. The highest BCUT2D eigenvalue weighted by Gasteiger charge is 2.22. The van der Waals surface area contributed by atoms with E-state index in [-0.39, 0.29) is 12.3 Å². The van der Waals surface area contributed by atoms with Crippen molar-refractivity contribution in [2.45, 2.75) is 38.4 Å². The van der Waals surface area contributed by atoms with Crippen LogP contribution >= 0.6 is 0 Å². The van der Waals surface area contributed by atoms with Gasteiger partial charge in [-0.2, -0.15) is 0 Å². The lowest BCUT2D eigenvalue weighted by Crippen LogP contribution is -2.48. The number of carboxylic acids is 1. The number of aromatic nitrogens is 1. The molecule has 0 saturated carbocycles. The number of hydrogen-bond acceptors (Lipinski definition) is 5. The van der Waals surface area contributed by atoms with Gasteiger partial charge in [0.25, 0.3) is 0 Å². The number of rotatable bonds is 6. The summed E-state index contributed by atoms with van der Waals surface area (Å²) in [6.45, 7) is 2.96. The summed E-state index contributed by atoms with van der Waals surface area (Å²) < 4.78 is 1.46. The molecule has 8 heteroatoms. The number of fused-ring (bicyclic) bond motifs is 1. The maximum atomic E-state index is 12.3. The van der Waals surface area contributed by atoms with E-state index in [9.17, 15) is 14.4 Å². The summed E-state index contributed by atoms with van der Waals surface area (Å²) in [4.78, 5) is 35.2. The van der Waals surface area contributed by atoms with Gasteiger partial charge in [0.2, 0.25) is 11.8 Å². The molecule has 1 aromatic carbocycles. The Bertz CT molecular complexity index is 812.